The summed E-state index contributed by atoms with van der Waals surface area (Å²) >= 11 is 0. The molecule has 1 aliphatic heterocycles. The third kappa shape index (κ3) is 5.24. The van der Waals surface area contributed by atoms with Gasteiger partial charge in [0.25, 0.3) is 11.8 Å². The highest BCUT2D eigenvalue weighted by atomic mass is 32.2. The van der Waals surface area contributed by atoms with Crippen LogP contribution < -0.4 is 20.9 Å². The molecule has 2 aromatic rings. The van der Waals surface area contributed by atoms with E-state index in [1.807, 2.05) is 0 Å². The molecule has 2 heterocycles. The summed E-state index contributed by atoms with van der Waals surface area (Å²) in [7, 11) is -3.74. The summed E-state index contributed by atoms with van der Waals surface area (Å²) < 4.78 is 38.4. The molecule has 1 atom stereocenters. The van der Waals surface area contributed by atoms with Gasteiger partial charge >= 0.3 is 0 Å². The van der Waals surface area contributed by atoms with E-state index >= 15 is 0 Å². The monoisotopic (exact) mass is 434 g/mol. The molecule has 1 fully saturated rings. The lowest BCUT2D eigenvalue weighted by Crippen LogP contribution is -2.44. The molecule has 1 aliphatic rings. The van der Waals surface area contributed by atoms with Gasteiger partial charge in [-0.1, -0.05) is 0 Å². The second-order valence-corrected chi connectivity index (χ2v) is 8.65. The summed E-state index contributed by atoms with van der Waals surface area (Å²) in [6, 6.07) is 8.79. The number of carbonyl (C=O) groups excluding carboxylic acids is 2. The van der Waals surface area contributed by atoms with E-state index < -0.39 is 21.8 Å². The Hall–Kier alpha value is -3.18. The highest BCUT2D eigenvalue weighted by Crippen LogP contribution is 2.25. The van der Waals surface area contributed by atoms with Crippen LogP contribution >= 0.6 is 0 Å². The summed E-state index contributed by atoms with van der Waals surface area (Å²) in [4.78, 5) is 26.0. The SMILES string of the molecule is NC(=O)COc1ccc(S(=O)(=O)N2CCCC(Oc3ccnc(C(N)=O)c3)C2)cc1. The van der Waals surface area contributed by atoms with Crippen molar-refractivity contribution in [2.75, 3.05) is 19.7 Å². The van der Waals surface area contributed by atoms with Gasteiger partial charge in [0, 0.05) is 18.8 Å². The molecular formula is C19H22N4O6S. The number of amides is 2. The van der Waals surface area contributed by atoms with Gasteiger partial charge in [0.15, 0.2) is 6.61 Å². The van der Waals surface area contributed by atoms with Crippen LogP contribution in [0.1, 0.15) is 23.3 Å². The lowest BCUT2D eigenvalue weighted by atomic mass is 10.1. The van der Waals surface area contributed by atoms with Crippen LogP contribution in [0.2, 0.25) is 0 Å². The third-order valence-electron chi connectivity index (χ3n) is 4.47. The molecule has 1 saturated heterocycles. The second kappa shape index (κ2) is 9.09. The summed E-state index contributed by atoms with van der Waals surface area (Å²) in [5, 5.41) is 0. The Morgan fingerprint density at radius 2 is 1.87 bits per heavy atom. The van der Waals surface area contributed by atoms with Crippen LogP contribution in [0.5, 0.6) is 11.5 Å². The van der Waals surface area contributed by atoms with Crippen molar-refractivity contribution in [3.8, 4) is 11.5 Å². The van der Waals surface area contributed by atoms with E-state index in [0.717, 1.165) is 0 Å². The Kier molecular flexibility index (Phi) is 6.53. The van der Waals surface area contributed by atoms with Crippen molar-refractivity contribution in [3.05, 3.63) is 48.3 Å². The number of carbonyl (C=O) groups is 2. The standard InChI is InChI=1S/C19H22N4O6S/c20-18(24)12-28-13-3-5-16(6-4-13)30(26,27)23-9-1-2-15(11-23)29-14-7-8-22-17(10-14)19(21)25/h3-8,10,15H,1-2,9,11-12H2,(H2,20,24)(H2,21,25). The van der Waals surface area contributed by atoms with E-state index in [4.69, 9.17) is 20.9 Å². The Labute approximate surface area is 173 Å². The lowest BCUT2D eigenvalue weighted by Gasteiger charge is -2.32. The molecule has 3 rings (SSSR count). The highest BCUT2D eigenvalue weighted by Gasteiger charge is 2.31. The maximum atomic E-state index is 13.0. The van der Waals surface area contributed by atoms with Crippen molar-refractivity contribution in [2.24, 2.45) is 11.5 Å². The average molecular weight is 434 g/mol. The molecule has 4 N–H and O–H groups in total. The zero-order valence-corrected chi connectivity index (χ0v) is 16.9. The molecule has 2 amide bonds. The Bertz CT molecular complexity index is 1030. The van der Waals surface area contributed by atoms with Crippen LogP contribution in [0.25, 0.3) is 0 Å². The normalized spacial score (nSPS) is 17.3. The summed E-state index contributed by atoms with van der Waals surface area (Å²) in [6.45, 7) is 0.241. The number of primary amides is 2. The number of hydrogen-bond donors (Lipinski definition) is 2. The number of rotatable bonds is 8. The van der Waals surface area contributed by atoms with Gasteiger partial charge < -0.3 is 20.9 Å². The number of nitrogens with zero attached hydrogens (tertiary/aromatic N) is 2. The van der Waals surface area contributed by atoms with Crippen molar-refractivity contribution >= 4 is 21.8 Å². The lowest BCUT2D eigenvalue weighted by molar-refractivity contribution is -0.119. The Balaban J connectivity index is 1.68. The fourth-order valence-electron chi connectivity index (χ4n) is 3.04. The fourth-order valence-corrected chi connectivity index (χ4v) is 4.55. The van der Waals surface area contributed by atoms with Crippen LogP contribution in [0.15, 0.2) is 47.5 Å². The number of sulfonamides is 1. The van der Waals surface area contributed by atoms with Crippen molar-refractivity contribution in [1.82, 2.24) is 9.29 Å². The Morgan fingerprint density at radius 1 is 1.13 bits per heavy atom. The van der Waals surface area contributed by atoms with Gasteiger partial charge in [0.2, 0.25) is 10.0 Å². The van der Waals surface area contributed by atoms with E-state index in [1.165, 1.54) is 40.8 Å². The molecule has 1 unspecified atom stereocenters. The molecule has 0 aliphatic carbocycles. The third-order valence-corrected chi connectivity index (χ3v) is 6.35. The first-order valence-corrected chi connectivity index (χ1v) is 10.6. The number of pyridine rings is 1. The number of ether oxygens (including phenoxy) is 2. The molecular weight excluding hydrogens is 412 g/mol. The summed E-state index contributed by atoms with van der Waals surface area (Å²) in [5.41, 5.74) is 10.3. The molecule has 0 bridgehead atoms. The number of hydrogen-bond acceptors (Lipinski definition) is 7. The van der Waals surface area contributed by atoms with Crippen molar-refractivity contribution in [3.63, 3.8) is 0 Å². The zero-order valence-electron chi connectivity index (χ0n) is 16.1. The maximum Gasteiger partial charge on any atom is 0.267 e. The fraction of sp³-hybridized carbons (Fsp3) is 0.316. The minimum atomic E-state index is -3.74. The average Bonchev–Trinajstić information content (AvgIpc) is 2.73. The van der Waals surface area contributed by atoms with Crippen LogP contribution in [0.4, 0.5) is 0 Å². The smallest absolute Gasteiger partial charge is 0.267 e. The van der Waals surface area contributed by atoms with E-state index in [-0.39, 0.29) is 29.8 Å². The molecule has 30 heavy (non-hydrogen) atoms. The minimum Gasteiger partial charge on any atom is -0.489 e. The van der Waals surface area contributed by atoms with E-state index in [2.05, 4.69) is 4.98 Å². The van der Waals surface area contributed by atoms with Gasteiger partial charge in [-0.25, -0.2) is 8.42 Å². The van der Waals surface area contributed by atoms with Gasteiger partial charge in [-0.15, -0.1) is 0 Å². The van der Waals surface area contributed by atoms with Crippen molar-refractivity contribution < 1.29 is 27.5 Å². The molecule has 0 spiro atoms. The van der Waals surface area contributed by atoms with Gasteiger partial charge in [-0.05, 0) is 43.2 Å². The van der Waals surface area contributed by atoms with E-state index in [0.29, 0.717) is 30.9 Å². The van der Waals surface area contributed by atoms with Gasteiger partial charge in [-0.2, -0.15) is 4.31 Å². The zero-order chi connectivity index (χ0) is 21.7. The first kappa shape index (κ1) is 21.5. The van der Waals surface area contributed by atoms with E-state index in [9.17, 15) is 18.0 Å². The summed E-state index contributed by atoms with van der Waals surface area (Å²) in [6.07, 6.45) is 2.32. The van der Waals surface area contributed by atoms with E-state index in [1.54, 1.807) is 6.07 Å². The number of benzene rings is 1. The van der Waals surface area contributed by atoms with Crippen LogP contribution in [-0.4, -0.2) is 55.3 Å². The number of nitrogens with two attached hydrogens (primary N) is 2. The molecule has 0 radical (unpaired) electrons. The quantitative estimate of drug-likeness (QED) is 0.604. The topological polar surface area (TPSA) is 155 Å². The molecule has 11 heteroatoms. The van der Waals surface area contributed by atoms with Crippen LogP contribution in [-0.2, 0) is 14.8 Å². The molecule has 1 aromatic heterocycles. The molecule has 1 aromatic carbocycles. The van der Waals surface area contributed by atoms with Crippen molar-refractivity contribution in [1.29, 1.82) is 0 Å². The highest BCUT2D eigenvalue weighted by molar-refractivity contribution is 7.89. The van der Waals surface area contributed by atoms with Crippen molar-refractivity contribution in [2.45, 2.75) is 23.8 Å². The Morgan fingerprint density at radius 3 is 2.53 bits per heavy atom. The number of piperidine rings is 1. The van der Waals surface area contributed by atoms with Gasteiger partial charge in [-0.3, -0.25) is 14.6 Å². The van der Waals surface area contributed by atoms with Gasteiger partial charge in [0.1, 0.15) is 23.3 Å². The molecule has 160 valence electrons. The first-order valence-electron chi connectivity index (χ1n) is 9.19. The molecule has 10 nitrogen and oxygen atoms in total. The summed E-state index contributed by atoms with van der Waals surface area (Å²) in [5.74, 6) is -0.547. The maximum absolute atomic E-state index is 13.0. The predicted octanol–water partition coefficient (Wildman–Crippen LogP) is 0.277. The minimum absolute atomic E-state index is 0.0754. The second-order valence-electron chi connectivity index (χ2n) is 6.71. The van der Waals surface area contributed by atoms with Crippen LogP contribution in [0.3, 0.4) is 0 Å². The largest absolute Gasteiger partial charge is 0.489 e. The van der Waals surface area contributed by atoms with Gasteiger partial charge in [0.05, 0.1) is 11.4 Å². The van der Waals surface area contributed by atoms with Crippen LogP contribution in [0, 0.1) is 0 Å². The predicted molar refractivity (Wildman–Crippen MR) is 106 cm³/mol. The molecule has 0 saturated carbocycles. The first-order chi connectivity index (χ1) is 14.3. The number of aromatic nitrogens is 1.